The van der Waals surface area contributed by atoms with Crippen LogP contribution in [0, 0.1) is 6.92 Å². The number of rotatable bonds is 2. The van der Waals surface area contributed by atoms with Gasteiger partial charge in [-0.2, -0.15) is 0 Å². The summed E-state index contributed by atoms with van der Waals surface area (Å²) in [5.41, 5.74) is 3.76. The van der Waals surface area contributed by atoms with Gasteiger partial charge in [0.2, 0.25) is 0 Å². The van der Waals surface area contributed by atoms with E-state index >= 15 is 0 Å². The highest BCUT2D eigenvalue weighted by atomic mass is 35.5. The molecule has 3 aromatic rings. The Balaban J connectivity index is 1.97. The van der Waals surface area contributed by atoms with E-state index in [1.165, 1.54) is 0 Å². The molecule has 0 radical (unpaired) electrons. The Morgan fingerprint density at radius 2 is 2.17 bits per heavy atom. The third kappa shape index (κ3) is 2.14. The van der Waals surface area contributed by atoms with Crippen LogP contribution in [0.25, 0.3) is 10.2 Å². The van der Waals surface area contributed by atoms with Gasteiger partial charge in [-0.05, 0) is 25.1 Å². The molecule has 0 fully saturated rings. The molecule has 0 saturated carbocycles. The van der Waals surface area contributed by atoms with Crippen molar-refractivity contribution in [3.8, 4) is 0 Å². The summed E-state index contributed by atoms with van der Waals surface area (Å²) in [6.07, 6.45) is 1.59. The molecule has 0 saturated heterocycles. The Morgan fingerprint density at radius 3 is 3.06 bits per heavy atom. The lowest BCUT2D eigenvalue weighted by atomic mass is 10.3. The summed E-state index contributed by atoms with van der Waals surface area (Å²) in [5.74, 6) is 1.30. The molecule has 0 aliphatic carbocycles. The fraction of sp³-hybridized carbons (Fsp3) is 0.0833. The van der Waals surface area contributed by atoms with Gasteiger partial charge in [-0.25, -0.2) is 15.0 Å². The maximum atomic E-state index is 6.05. The van der Waals surface area contributed by atoms with Gasteiger partial charge in [-0.3, -0.25) is 0 Å². The molecule has 0 bridgehead atoms. The molecule has 90 valence electrons. The number of hydrogen-bond acceptors (Lipinski definition) is 5. The molecule has 3 rings (SSSR count). The summed E-state index contributed by atoms with van der Waals surface area (Å²) in [6.45, 7) is 1.83. The Labute approximate surface area is 113 Å². The standard InChI is InChI=1S/C12H9ClN4S/c1-7-14-5-9(13)12(16-7)17-8-2-3-10-11(4-8)18-6-15-10/h2-6H,1H3,(H,14,16,17). The summed E-state index contributed by atoms with van der Waals surface area (Å²) in [4.78, 5) is 12.5. The van der Waals surface area contributed by atoms with E-state index in [2.05, 4.69) is 20.3 Å². The lowest BCUT2D eigenvalue weighted by Crippen LogP contribution is -1.97. The van der Waals surface area contributed by atoms with Gasteiger partial charge in [-0.1, -0.05) is 11.6 Å². The molecule has 0 atom stereocenters. The largest absolute Gasteiger partial charge is 0.339 e. The van der Waals surface area contributed by atoms with E-state index in [0.29, 0.717) is 16.7 Å². The first kappa shape index (κ1) is 11.4. The van der Waals surface area contributed by atoms with E-state index in [0.717, 1.165) is 15.9 Å². The zero-order valence-corrected chi connectivity index (χ0v) is 11.1. The van der Waals surface area contributed by atoms with Crippen LogP contribution in [-0.4, -0.2) is 15.0 Å². The van der Waals surface area contributed by atoms with Crippen LogP contribution in [0.5, 0.6) is 0 Å². The molecule has 0 amide bonds. The number of nitrogens with one attached hydrogen (secondary N) is 1. The van der Waals surface area contributed by atoms with E-state index in [9.17, 15) is 0 Å². The van der Waals surface area contributed by atoms with Crippen LogP contribution in [0.4, 0.5) is 11.5 Å². The number of aryl methyl sites for hydroxylation is 1. The molecular weight excluding hydrogens is 268 g/mol. The van der Waals surface area contributed by atoms with Gasteiger partial charge in [0.15, 0.2) is 5.82 Å². The van der Waals surface area contributed by atoms with Crippen LogP contribution < -0.4 is 5.32 Å². The van der Waals surface area contributed by atoms with Gasteiger partial charge >= 0.3 is 0 Å². The van der Waals surface area contributed by atoms with Crippen LogP contribution in [-0.2, 0) is 0 Å². The highest BCUT2D eigenvalue weighted by Crippen LogP contribution is 2.26. The minimum Gasteiger partial charge on any atom is -0.339 e. The first-order valence-electron chi connectivity index (χ1n) is 5.32. The first-order chi connectivity index (χ1) is 8.72. The summed E-state index contributed by atoms with van der Waals surface area (Å²) in [6, 6.07) is 5.95. The Kier molecular flexibility index (Phi) is 2.85. The van der Waals surface area contributed by atoms with Gasteiger partial charge in [0.25, 0.3) is 0 Å². The van der Waals surface area contributed by atoms with Gasteiger partial charge in [0, 0.05) is 5.69 Å². The van der Waals surface area contributed by atoms with Crippen LogP contribution in [0.3, 0.4) is 0 Å². The van der Waals surface area contributed by atoms with E-state index in [-0.39, 0.29) is 0 Å². The predicted octanol–water partition coefficient (Wildman–Crippen LogP) is 3.79. The van der Waals surface area contributed by atoms with Gasteiger partial charge in [0.1, 0.15) is 10.8 Å². The highest BCUT2D eigenvalue weighted by Gasteiger charge is 2.05. The minimum absolute atomic E-state index is 0.505. The number of hydrogen-bond donors (Lipinski definition) is 1. The van der Waals surface area contributed by atoms with E-state index in [1.807, 2.05) is 30.6 Å². The van der Waals surface area contributed by atoms with Crippen molar-refractivity contribution in [2.24, 2.45) is 0 Å². The zero-order chi connectivity index (χ0) is 12.5. The van der Waals surface area contributed by atoms with Crippen molar-refractivity contribution in [3.05, 3.63) is 40.8 Å². The summed E-state index contributed by atoms with van der Waals surface area (Å²) in [5, 5.41) is 3.70. The minimum atomic E-state index is 0.505. The first-order valence-corrected chi connectivity index (χ1v) is 6.57. The fourth-order valence-electron chi connectivity index (χ4n) is 1.61. The van der Waals surface area contributed by atoms with Crippen molar-refractivity contribution in [3.63, 3.8) is 0 Å². The number of aromatic nitrogens is 3. The predicted molar refractivity (Wildman–Crippen MR) is 74.7 cm³/mol. The second-order valence-corrected chi connectivity index (χ2v) is 5.07. The second-order valence-electron chi connectivity index (χ2n) is 3.77. The molecule has 0 unspecified atom stereocenters. The summed E-state index contributed by atoms with van der Waals surface area (Å²) in [7, 11) is 0. The van der Waals surface area contributed by atoms with Crippen LogP contribution >= 0.6 is 22.9 Å². The normalized spacial score (nSPS) is 10.8. The van der Waals surface area contributed by atoms with Crippen molar-refractivity contribution in [1.82, 2.24) is 15.0 Å². The van der Waals surface area contributed by atoms with Crippen LogP contribution in [0.1, 0.15) is 5.82 Å². The number of fused-ring (bicyclic) bond motifs is 1. The van der Waals surface area contributed by atoms with E-state index < -0.39 is 0 Å². The average Bonchev–Trinajstić information content (AvgIpc) is 2.81. The molecule has 6 heteroatoms. The maximum absolute atomic E-state index is 6.05. The Morgan fingerprint density at radius 1 is 1.28 bits per heavy atom. The average molecular weight is 277 g/mol. The smallest absolute Gasteiger partial charge is 0.152 e. The number of anilines is 2. The second kappa shape index (κ2) is 4.51. The number of nitrogens with zero attached hydrogens (tertiary/aromatic N) is 3. The molecule has 0 aliphatic heterocycles. The molecule has 0 aliphatic rings. The third-order valence-corrected chi connectivity index (χ3v) is 3.53. The Hall–Kier alpha value is -1.72. The van der Waals surface area contributed by atoms with Gasteiger partial charge in [-0.15, -0.1) is 11.3 Å². The SMILES string of the molecule is Cc1ncc(Cl)c(Nc2ccc3ncsc3c2)n1. The van der Waals surface area contributed by atoms with Crippen molar-refractivity contribution >= 4 is 44.7 Å². The highest BCUT2D eigenvalue weighted by molar-refractivity contribution is 7.16. The third-order valence-electron chi connectivity index (χ3n) is 2.46. The number of benzene rings is 1. The van der Waals surface area contributed by atoms with Crippen molar-refractivity contribution in [2.45, 2.75) is 6.92 Å². The molecule has 18 heavy (non-hydrogen) atoms. The van der Waals surface area contributed by atoms with Gasteiger partial charge in [0.05, 0.1) is 21.9 Å². The van der Waals surface area contributed by atoms with E-state index in [1.54, 1.807) is 17.5 Å². The van der Waals surface area contributed by atoms with Crippen molar-refractivity contribution in [1.29, 1.82) is 0 Å². The van der Waals surface area contributed by atoms with E-state index in [4.69, 9.17) is 11.6 Å². The number of thiazole rings is 1. The lowest BCUT2D eigenvalue weighted by Gasteiger charge is -2.07. The summed E-state index contributed by atoms with van der Waals surface area (Å²) < 4.78 is 1.13. The van der Waals surface area contributed by atoms with Crippen LogP contribution in [0.15, 0.2) is 29.9 Å². The maximum Gasteiger partial charge on any atom is 0.152 e. The molecule has 0 spiro atoms. The number of halogens is 1. The molecule has 1 aromatic carbocycles. The lowest BCUT2D eigenvalue weighted by molar-refractivity contribution is 1.06. The van der Waals surface area contributed by atoms with Crippen molar-refractivity contribution < 1.29 is 0 Å². The molecule has 2 aromatic heterocycles. The molecule has 4 nitrogen and oxygen atoms in total. The molecular formula is C12H9ClN4S. The quantitative estimate of drug-likeness (QED) is 0.774. The monoisotopic (exact) mass is 276 g/mol. The fourth-order valence-corrected chi connectivity index (χ4v) is 2.47. The topological polar surface area (TPSA) is 50.7 Å². The van der Waals surface area contributed by atoms with Crippen LogP contribution in [0.2, 0.25) is 5.02 Å². The van der Waals surface area contributed by atoms with Gasteiger partial charge < -0.3 is 5.32 Å². The summed E-state index contributed by atoms with van der Waals surface area (Å²) >= 11 is 7.65. The molecule has 2 heterocycles. The zero-order valence-electron chi connectivity index (χ0n) is 9.51. The Bertz CT molecular complexity index is 710. The van der Waals surface area contributed by atoms with Crippen molar-refractivity contribution in [2.75, 3.05) is 5.32 Å². The molecule has 1 N–H and O–H groups in total.